The van der Waals surface area contributed by atoms with E-state index in [2.05, 4.69) is 14.7 Å². The Kier molecular flexibility index (Phi) is 1.81. The summed E-state index contributed by atoms with van der Waals surface area (Å²) in [5, 5.41) is 4.52. The molecule has 1 N–H and O–H groups in total. The minimum atomic E-state index is 0.652. The summed E-state index contributed by atoms with van der Waals surface area (Å²) in [5.41, 5.74) is 0.652. The first-order valence-corrected chi connectivity index (χ1v) is 6.13. The van der Waals surface area contributed by atoms with Crippen LogP contribution in [0.4, 0.5) is 5.13 Å². The zero-order valence-corrected chi connectivity index (χ0v) is 9.23. The van der Waals surface area contributed by atoms with Crippen molar-refractivity contribution >= 4 is 16.7 Å². The van der Waals surface area contributed by atoms with Crippen molar-refractivity contribution in [3.63, 3.8) is 0 Å². The van der Waals surface area contributed by atoms with Gasteiger partial charge in [-0.25, -0.2) is 4.98 Å². The number of aryl methyl sites for hydroxylation is 1. The molecule has 0 bridgehead atoms. The van der Waals surface area contributed by atoms with Crippen molar-refractivity contribution in [2.45, 2.75) is 45.1 Å². The first-order chi connectivity index (χ1) is 6.78. The van der Waals surface area contributed by atoms with E-state index in [0.29, 0.717) is 11.5 Å². The Labute approximate surface area is 88.1 Å². The first-order valence-electron chi connectivity index (χ1n) is 5.35. The maximum atomic E-state index is 4.34. The fourth-order valence-electron chi connectivity index (χ4n) is 2.69. The third kappa shape index (κ3) is 1.32. The van der Waals surface area contributed by atoms with Gasteiger partial charge in [-0.3, -0.25) is 0 Å². The zero-order valence-electron chi connectivity index (χ0n) is 8.42. The molecular weight excluding hydrogens is 194 g/mol. The Morgan fingerprint density at radius 3 is 2.86 bits per heavy atom. The number of hydrogen-bond donors (Lipinski definition) is 1. The van der Waals surface area contributed by atoms with Gasteiger partial charge in [0, 0.05) is 17.6 Å². The molecule has 0 saturated heterocycles. The average molecular weight is 209 g/mol. The number of aromatic nitrogens is 2. The second-order valence-electron chi connectivity index (χ2n) is 4.62. The smallest absolute Gasteiger partial charge is 0.202 e. The molecule has 1 heterocycles. The van der Waals surface area contributed by atoms with Gasteiger partial charge in [-0.1, -0.05) is 12.8 Å². The predicted molar refractivity (Wildman–Crippen MR) is 57.6 cm³/mol. The lowest BCUT2D eigenvalue weighted by molar-refractivity contribution is 0.520. The largest absolute Gasteiger partial charge is 0.357 e. The molecule has 1 unspecified atom stereocenters. The molecule has 0 amide bonds. The van der Waals surface area contributed by atoms with Crippen LogP contribution in [0, 0.1) is 12.3 Å². The van der Waals surface area contributed by atoms with Crippen molar-refractivity contribution in [1.82, 2.24) is 9.36 Å². The highest BCUT2D eigenvalue weighted by molar-refractivity contribution is 7.09. The molecule has 3 nitrogen and oxygen atoms in total. The van der Waals surface area contributed by atoms with Crippen LogP contribution in [0.2, 0.25) is 0 Å². The third-order valence-corrected chi connectivity index (χ3v) is 4.35. The number of hydrogen-bond acceptors (Lipinski definition) is 4. The number of rotatable bonds is 2. The molecule has 2 aliphatic rings. The molecular formula is C10H15N3S. The first kappa shape index (κ1) is 8.65. The van der Waals surface area contributed by atoms with Crippen LogP contribution >= 0.6 is 11.5 Å². The Balaban J connectivity index is 1.65. The maximum Gasteiger partial charge on any atom is 0.202 e. The summed E-state index contributed by atoms with van der Waals surface area (Å²) in [5.74, 6) is 0.888. The SMILES string of the molecule is Cc1nsc(NC2CC23CCCC3)n1. The number of nitrogens with one attached hydrogen (secondary N) is 1. The van der Waals surface area contributed by atoms with Crippen LogP contribution in [0.3, 0.4) is 0 Å². The number of nitrogens with zero attached hydrogens (tertiary/aromatic N) is 2. The monoisotopic (exact) mass is 209 g/mol. The van der Waals surface area contributed by atoms with Crippen LogP contribution in [-0.2, 0) is 0 Å². The summed E-state index contributed by atoms with van der Waals surface area (Å²) in [6.45, 7) is 1.94. The van der Waals surface area contributed by atoms with E-state index in [1.165, 1.54) is 43.6 Å². The summed E-state index contributed by atoms with van der Waals surface area (Å²) in [4.78, 5) is 4.34. The van der Waals surface area contributed by atoms with Crippen molar-refractivity contribution in [3.05, 3.63) is 5.82 Å². The predicted octanol–water partition coefficient (Wildman–Crippen LogP) is 2.59. The maximum absolute atomic E-state index is 4.34. The molecule has 1 spiro atoms. The molecule has 1 aromatic heterocycles. The average Bonchev–Trinajstić information content (AvgIpc) is 2.52. The molecule has 2 aliphatic carbocycles. The third-order valence-electron chi connectivity index (χ3n) is 3.61. The summed E-state index contributed by atoms with van der Waals surface area (Å²) in [6, 6.07) is 0.692. The summed E-state index contributed by atoms with van der Waals surface area (Å²) >= 11 is 1.49. The molecule has 2 fully saturated rings. The van der Waals surface area contributed by atoms with E-state index in [4.69, 9.17) is 0 Å². The highest BCUT2D eigenvalue weighted by Gasteiger charge is 2.55. The Morgan fingerprint density at radius 1 is 1.43 bits per heavy atom. The fourth-order valence-corrected chi connectivity index (χ4v) is 3.32. The van der Waals surface area contributed by atoms with Crippen LogP contribution in [0.15, 0.2) is 0 Å². The molecule has 0 aliphatic heterocycles. The van der Waals surface area contributed by atoms with E-state index in [9.17, 15) is 0 Å². The normalized spacial score (nSPS) is 28.2. The standard InChI is InChI=1S/C10H15N3S/c1-7-11-9(14-13-7)12-8-6-10(8)4-2-3-5-10/h8H,2-6H2,1H3,(H,11,12,13). The van der Waals surface area contributed by atoms with Crippen molar-refractivity contribution in [2.75, 3.05) is 5.32 Å². The minimum absolute atomic E-state index is 0.652. The van der Waals surface area contributed by atoms with Crippen LogP contribution in [-0.4, -0.2) is 15.4 Å². The Bertz CT molecular complexity index is 341. The van der Waals surface area contributed by atoms with E-state index >= 15 is 0 Å². The molecule has 14 heavy (non-hydrogen) atoms. The van der Waals surface area contributed by atoms with Crippen molar-refractivity contribution in [1.29, 1.82) is 0 Å². The molecule has 2 saturated carbocycles. The second-order valence-corrected chi connectivity index (χ2v) is 5.37. The highest BCUT2D eigenvalue weighted by Crippen LogP contribution is 2.58. The van der Waals surface area contributed by atoms with Crippen LogP contribution in [0.25, 0.3) is 0 Å². The zero-order chi connectivity index (χ0) is 9.60. The van der Waals surface area contributed by atoms with Crippen molar-refractivity contribution in [3.8, 4) is 0 Å². The summed E-state index contributed by atoms with van der Waals surface area (Å²) in [6.07, 6.45) is 7.04. The van der Waals surface area contributed by atoms with Gasteiger partial charge in [-0.2, -0.15) is 4.37 Å². The van der Waals surface area contributed by atoms with Gasteiger partial charge in [0.15, 0.2) is 0 Å². The number of anilines is 1. The molecule has 0 aromatic carbocycles. The van der Waals surface area contributed by atoms with Gasteiger partial charge in [0.2, 0.25) is 5.13 Å². The minimum Gasteiger partial charge on any atom is -0.357 e. The quantitative estimate of drug-likeness (QED) is 0.813. The topological polar surface area (TPSA) is 37.8 Å². The summed E-state index contributed by atoms with van der Waals surface area (Å²) in [7, 11) is 0. The fraction of sp³-hybridized carbons (Fsp3) is 0.800. The van der Waals surface area contributed by atoms with Gasteiger partial charge >= 0.3 is 0 Å². The molecule has 4 heteroatoms. The van der Waals surface area contributed by atoms with Crippen LogP contribution in [0.5, 0.6) is 0 Å². The Morgan fingerprint density at radius 2 is 2.21 bits per heavy atom. The van der Waals surface area contributed by atoms with E-state index in [-0.39, 0.29) is 0 Å². The van der Waals surface area contributed by atoms with E-state index in [1.807, 2.05) is 6.92 Å². The van der Waals surface area contributed by atoms with E-state index < -0.39 is 0 Å². The van der Waals surface area contributed by atoms with E-state index in [1.54, 1.807) is 0 Å². The highest BCUT2D eigenvalue weighted by atomic mass is 32.1. The van der Waals surface area contributed by atoms with Gasteiger partial charge in [-0.15, -0.1) is 0 Å². The van der Waals surface area contributed by atoms with Gasteiger partial charge in [0.05, 0.1) is 0 Å². The van der Waals surface area contributed by atoms with Gasteiger partial charge in [-0.05, 0) is 31.6 Å². The lowest BCUT2D eigenvalue weighted by Crippen LogP contribution is -2.10. The summed E-state index contributed by atoms with van der Waals surface area (Å²) < 4.78 is 4.18. The second kappa shape index (κ2) is 2.92. The lowest BCUT2D eigenvalue weighted by Gasteiger charge is -2.07. The molecule has 1 aromatic rings. The molecule has 0 radical (unpaired) electrons. The molecule has 3 rings (SSSR count). The van der Waals surface area contributed by atoms with Crippen LogP contribution < -0.4 is 5.32 Å². The Hall–Kier alpha value is -0.640. The lowest BCUT2D eigenvalue weighted by atomic mass is 10.1. The van der Waals surface area contributed by atoms with E-state index in [0.717, 1.165) is 11.0 Å². The molecule has 1 atom stereocenters. The molecule has 76 valence electrons. The van der Waals surface area contributed by atoms with Gasteiger partial charge in [0.25, 0.3) is 0 Å². The van der Waals surface area contributed by atoms with Gasteiger partial charge in [0.1, 0.15) is 5.82 Å². The van der Waals surface area contributed by atoms with Crippen molar-refractivity contribution < 1.29 is 0 Å². The van der Waals surface area contributed by atoms with Gasteiger partial charge < -0.3 is 5.32 Å². The van der Waals surface area contributed by atoms with Crippen LogP contribution in [0.1, 0.15) is 37.9 Å². The van der Waals surface area contributed by atoms with Crippen molar-refractivity contribution in [2.24, 2.45) is 5.41 Å².